The molecule has 110 valence electrons. The van der Waals surface area contributed by atoms with Crippen LogP contribution in [0.4, 0.5) is 5.69 Å². The van der Waals surface area contributed by atoms with Crippen LogP contribution >= 0.6 is 0 Å². The van der Waals surface area contributed by atoms with Gasteiger partial charge in [0.15, 0.2) is 0 Å². The average molecular weight is 287 g/mol. The van der Waals surface area contributed by atoms with Gasteiger partial charge in [0.25, 0.3) is 5.91 Å². The summed E-state index contributed by atoms with van der Waals surface area (Å²) in [6.45, 7) is 2.04. The molecule has 0 aliphatic carbocycles. The van der Waals surface area contributed by atoms with Crippen LogP contribution in [0.1, 0.15) is 21.7 Å². The average Bonchev–Trinajstić information content (AvgIpc) is 2.44. The van der Waals surface area contributed by atoms with Crippen LogP contribution in [0.15, 0.2) is 30.3 Å². The highest BCUT2D eigenvalue weighted by Crippen LogP contribution is 2.23. The fraction of sp³-hybridized carbons (Fsp3) is 0.200. The first-order valence-corrected chi connectivity index (χ1v) is 6.33. The fourth-order valence-electron chi connectivity index (χ4n) is 1.91. The molecule has 0 bridgehead atoms. The molecule has 0 fully saturated rings. The van der Waals surface area contributed by atoms with Crippen molar-refractivity contribution in [2.45, 2.75) is 13.5 Å². The molecule has 6 nitrogen and oxygen atoms in total. The number of nitrogens with zero attached hydrogens (tertiary/aromatic N) is 1. The van der Waals surface area contributed by atoms with E-state index >= 15 is 0 Å². The Labute approximate surface area is 122 Å². The summed E-state index contributed by atoms with van der Waals surface area (Å²) in [6, 6.07) is 8.29. The normalized spacial score (nSPS) is 10.2. The number of pyridine rings is 1. The number of methoxy groups -OCH3 is 1. The summed E-state index contributed by atoms with van der Waals surface area (Å²) in [4.78, 5) is 15.7. The minimum atomic E-state index is -0.570. The van der Waals surface area contributed by atoms with Crippen LogP contribution in [0.25, 0.3) is 0 Å². The Kier molecular flexibility index (Phi) is 4.27. The molecule has 21 heavy (non-hydrogen) atoms. The molecule has 2 rings (SSSR count). The predicted molar refractivity (Wildman–Crippen MR) is 79.2 cm³/mol. The molecule has 1 heterocycles. The topological polar surface area (TPSA) is 100 Å². The van der Waals surface area contributed by atoms with Crippen LogP contribution in [-0.2, 0) is 6.61 Å². The van der Waals surface area contributed by atoms with E-state index < -0.39 is 5.91 Å². The summed E-state index contributed by atoms with van der Waals surface area (Å²) in [7, 11) is 1.59. The molecular formula is C15H17N3O3. The number of nitrogen functional groups attached to an aromatic ring is 1. The van der Waals surface area contributed by atoms with E-state index in [-0.39, 0.29) is 12.2 Å². The molecule has 0 spiro atoms. The molecule has 0 saturated heterocycles. The molecule has 0 atom stereocenters. The summed E-state index contributed by atoms with van der Waals surface area (Å²) in [6.07, 6.45) is 0. The van der Waals surface area contributed by atoms with Gasteiger partial charge in [0.05, 0.1) is 18.4 Å². The maximum atomic E-state index is 11.4. The van der Waals surface area contributed by atoms with E-state index in [1.54, 1.807) is 25.3 Å². The third kappa shape index (κ3) is 3.62. The lowest BCUT2D eigenvalue weighted by Crippen LogP contribution is -2.13. The van der Waals surface area contributed by atoms with Crippen molar-refractivity contribution in [2.24, 2.45) is 5.73 Å². The second kappa shape index (κ2) is 6.13. The standard InChI is InChI=1S/C15H17N3O3/c1-9-5-12(20-2)7-11(18-9)8-21-14-6-10(16)3-4-13(14)15(17)19/h3-7H,8,16H2,1-2H3,(H2,17,19). The van der Waals surface area contributed by atoms with Gasteiger partial charge in [-0.3, -0.25) is 9.78 Å². The van der Waals surface area contributed by atoms with E-state index in [9.17, 15) is 4.79 Å². The first kappa shape index (κ1) is 14.6. The summed E-state index contributed by atoms with van der Waals surface area (Å²) in [5.41, 5.74) is 13.3. The lowest BCUT2D eigenvalue weighted by atomic mass is 10.1. The maximum absolute atomic E-state index is 11.4. The minimum Gasteiger partial charge on any atom is -0.497 e. The SMILES string of the molecule is COc1cc(C)nc(COc2cc(N)ccc2C(N)=O)c1. The van der Waals surface area contributed by atoms with Crippen molar-refractivity contribution in [1.29, 1.82) is 0 Å². The van der Waals surface area contributed by atoms with E-state index in [4.69, 9.17) is 20.9 Å². The van der Waals surface area contributed by atoms with E-state index in [1.165, 1.54) is 6.07 Å². The van der Waals surface area contributed by atoms with Crippen molar-refractivity contribution in [2.75, 3.05) is 12.8 Å². The lowest BCUT2D eigenvalue weighted by Gasteiger charge is -2.11. The summed E-state index contributed by atoms with van der Waals surface area (Å²) in [5, 5.41) is 0. The van der Waals surface area contributed by atoms with E-state index in [0.29, 0.717) is 22.9 Å². The monoisotopic (exact) mass is 287 g/mol. The molecule has 2 aromatic rings. The van der Waals surface area contributed by atoms with Gasteiger partial charge in [-0.05, 0) is 19.1 Å². The minimum absolute atomic E-state index is 0.182. The summed E-state index contributed by atoms with van der Waals surface area (Å²) in [5.74, 6) is 0.466. The van der Waals surface area contributed by atoms with Crippen LogP contribution in [0.5, 0.6) is 11.5 Å². The first-order valence-electron chi connectivity index (χ1n) is 6.33. The molecule has 0 saturated carbocycles. The predicted octanol–water partition coefficient (Wildman–Crippen LogP) is 1.66. The van der Waals surface area contributed by atoms with Gasteiger partial charge in [-0.1, -0.05) is 0 Å². The van der Waals surface area contributed by atoms with Gasteiger partial charge in [0.1, 0.15) is 18.1 Å². The number of benzene rings is 1. The molecule has 0 radical (unpaired) electrons. The van der Waals surface area contributed by atoms with E-state index in [1.807, 2.05) is 13.0 Å². The Morgan fingerprint density at radius 2 is 2.05 bits per heavy atom. The number of aryl methyl sites for hydroxylation is 1. The first-order chi connectivity index (χ1) is 9.99. The van der Waals surface area contributed by atoms with Crippen LogP contribution in [-0.4, -0.2) is 18.0 Å². The van der Waals surface area contributed by atoms with Crippen molar-refractivity contribution >= 4 is 11.6 Å². The van der Waals surface area contributed by atoms with Gasteiger partial charge in [-0.15, -0.1) is 0 Å². The highest BCUT2D eigenvalue weighted by Gasteiger charge is 2.10. The van der Waals surface area contributed by atoms with Crippen molar-refractivity contribution in [3.8, 4) is 11.5 Å². The molecule has 6 heteroatoms. The number of amides is 1. The Bertz CT molecular complexity index is 671. The van der Waals surface area contributed by atoms with E-state index in [2.05, 4.69) is 4.98 Å². The van der Waals surface area contributed by atoms with Gasteiger partial charge in [-0.2, -0.15) is 0 Å². The zero-order valence-electron chi connectivity index (χ0n) is 11.9. The molecular weight excluding hydrogens is 270 g/mol. The van der Waals surface area contributed by atoms with Gasteiger partial charge >= 0.3 is 0 Å². The maximum Gasteiger partial charge on any atom is 0.252 e. The highest BCUT2D eigenvalue weighted by molar-refractivity contribution is 5.96. The smallest absolute Gasteiger partial charge is 0.252 e. The number of carbonyl (C=O) groups is 1. The Morgan fingerprint density at radius 3 is 2.71 bits per heavy atom. The van der Waals surface area contributed by atoms with Crippen molar-refractivity contribution in [3.63, 3.8) is 0 Å². The molecule has 0 aliphatic rings. The van der Waals surface area contributed by atoms with Gasteiger partial charge in [0.2, 0.25) is 0 Å². The number of anilines is 1. The Balaban J connectivity index is 2.22. The third-order valence-corrected chi connectivity index (χ3v) is 2.86. The van der Waals surface area contributed by atoms with Crippen molar-refractivity contribution < 1.29 is 14.3 Å². The van der Waals surface area contributed by atoms with E-state index in [0.717, 1.165) is 5.69 Å². The number of hydrogen-bond acceptors (Lipinski definition) is 5. The largest absolute Gasteiger partial charge is 0.497 e. The van der Waals surface area contributed by atoms with Crippen LogP contribution < -0.4 is 20.9 Å². The van der Waals surface area contributed by atoms with Crippen molar-refractivity contribution in [1.82, 2.24) is 4.98 Å². The van der Waals surface area contributed by atoms with Crippen molar-refractivity contribution in [3.05, 3.63) is 47.3 Å². The van der Waals surface area contributed by atoms with Gasteiger partial charge in [-0.25, -0.2) is 0 Å². The zero-order valence-corrected chi connectivity index (χ0v) is 11.9. The second-order valence-corrected chi connectivity index (χ2v) is 4.55. The number of hydrogen-bond donors (Lipinski definition) is 2. The summed E-state index contributed by atoms with van der Waals surface area (Å²) < 4.78 is 10.8. The van der Waals surface area contributed by atoms with Gasteiger partial charge < -0.3 is 20.9 Å². The number of aromatic nitrogens is 1. The quantitative estimate of drug-likeness (QED) is 0.814. The van der Waals surface area contributed by atoms with Crippen LogP contribution in [0, 0.1) is 6.92 Å². The van der Waals surface area contributed by atoms with Gasteiger partial charge in [0, 0.05) is 29.6 Å². The lowest BCUT2D eigenvalue weighted by molar-refractivity contribution is 0.0996. The number of primary amides is 1. The molecule has 1 aromatic heterocycles. The molecule has 1 amide bonds. The molecule has 4 N–H and O–H groups in total. The summed E-state index contributed by atoms with van der Waals surface area (Å²) >= 11 is 0. The second-order valence-electron chi connectivity index (χ2n) is 4.55. The number of nitrogens with two attached hydrogens (primary N) is 2. The number of carbonyl (C=O) groups excluding carboxylic acids is 1. The molecule has 0 aliphatic heterocycles. The highest BCUT2D eigenvalue weighted by atomic mass is 16.5. The Morgan fingerprint density at radius 1 is 1.29 bits per heavy atom. The Hall–Kier alpha value is -2.76. The zero-order chi connectivity index (χ0) is 15.4. The third-order valence-electron chi connectivity index (χ3n) is 2.86. The van der Waals surface area contributed by atoms with Crippen LogP contribution in [0.2, 0.25) is 0 Å². The number of ether oxygens (including phenoxy) is 2. The molecule has 1 aromatic carbocycles. The fourth-order valence-corrected chi connectivity index (χ4v) is 1.91. The number of rotatable bonds is 5. The molecule has 0 unspecified atom stereocenters. The van der Waals surface area contributed by atoms with Crippen LogP contribution in [0.3, 0.4) is 0 Å².